The molecule has 6 heteroatoms. The van der Waals surface area contributed by atoms with Gasteiger partial charge in [-0.05, 0) is 55.7 Å². The topological polar surface area (TPSA) is 67.9 Å². The van der Waals surface area contributed by atoms with E-state index >= 15 is 0 Å². The van der Waals surface area contributed by atoms with Crippen molar-refractivity contribution in [2.45, 2.75) is 50.9 Å². The number of nitrogens with one attached hydrogen (secondary N) is 1. The first-order chi connectivity index (χ1) is 13.7. The summed E-state index contributed by atoms with van der Waals surface area (Å²) in [7, 11) is 0. The molecule has 0 spiro atoms. The molecule has 0 bridgehead atoms. The van der Waals surface area contributed by atoms with E-state index in [1.165, 1.54) is 6.42 Å². The molecule has 2 heterocycles. The lowest BCUT2D eigenvalue weighted by molar-refractivity contribution is -0.134. The maximum absolute atomic E-state index is 13.1. The molecule has 1 saturated heterocycles. The van der Waals surface area contributed by atoms with Crippen molar-refractivity contribution in [2.75, 3.05) is 32.8 Å². The van der Waals surface area contributed by atoms with E-state index in [0.717, 1.165) is 62.9 Å². The van der Waals surface area contributed by atoms with Gasteiger partial charge in [0.15, 0.2) is 11.5 Å². The minimum Gasteiger partial charge on any atom is -0.486 e. The molecule has 6 nitrogen and oxygen atoms in total. The van der Waals surface area contributed by atoms with Crippen LogP contribution < -0.4 is 14.8 Å². The highest BCUT2D eigenvalue weighted by Crippen LogP contribution is 2.40. The van der Waals surface area contributed by atoms with E-state index < -0.39 is 0 Å². The van der Waals surface area contributed by atoms with Gasteiger partial charge in [-0.25, -0.2) is 0 Å². The fourth-order valence-corrected chi connectivity index (χ4v) is 4.71. The Morgan fingerprint density at radius 1 is 1.00 bits per heavy atom. The van der Waals surface area contributed by atoms with Crippen LogP contribution in [0.4, 0.5) is 0 Å². The molecule has 0 radical (unpaired) electrons. The molecule has 1 unspecified atom stereocenters. The summed E-state index contributed by atoms with van der Waals surface area (Å²) < 4.78 is 11.3. The van der Waals surface area contributed by atoms with Gasteiger partial charge < -0.3 is 19.7 Å². The van der Waals surface area contributed by atoms with Crippen LogP contribution in [0.3, 0.4) is 0 Å². The number of rotatable bonds is 5. The molecule has 0 aromatic heterocycles. The Bertz CT molecular complexity index is 708. The van der Waals surface area contributed by atoms with Crippen molar-refractivity contribution < 1.29 is 19.1 Å². The second-order valence-corrected chi connectivity index (χ2v) is 8.08. The van der Waals surface area contributed by atoms with Crippen LogP contribution in [0.1, 0.15) is 56.4 Å². The molecular weight excluding hydrogens is 356 g/mol. The monoisotopic (exact) mass is 386 g/mol. The van der Waals surface area contributed by atoms with Gasteiger partial charge in [-0.2, -0.15) is 0 Å². The van der Waals surface area contributed by atoms with E-state index in [1.807, 2.05) is 23.1 Å². The first-order valence-corrected chi connectivity index (χ1v) is 10.7. The van der Waals surface area contributed by atoms with Crippen molar-refractivity contribution in [3.05, 3.63) is 23.8 Å². The molecule has 1 aromatic rings. The fraction of sp³-hybridized carbons (Fsp3) is 0.636. The van der Waals surface area contributed by atoms with Crippen LogP contribution in [-0.4, -0.2) is 49.6 Å². The molecule has 1 N–H and O–H groups in total. The van der Waals surface area contributed by atoms with Gasteiger partial charge in [-0.3, -0.25) is 9.59 Å². The highest BCUT2D eigenvalue weighted by molar-refractivity contribution is 5.89. The van der Waals surface area contributed by atoms with Crippen LogP contribution in [0.15, 0.2) is 18.2 Å². The van der Waals surface area contributed by atoms with Gasteiger partial charge >= 0.3 is 0 Å². The van der Waals surface area contributed by atoms with Crippen molar-refractivity contribution in [2.24, 2.45) is 5.92 Å². The predicted molar refractivity (Wildman–Crippen MR) is 106 cm³/mol. The summed E-state index contributed by atoms with van der Waals surface area (Å²) >= 11 is 0. The van der Waals surface area contributed by atoms with E-state index in [0.29, 0.717) is 24.9 Å². The largest absolute Gasteiger partial charge is 0.486 e. The Morgan fingerprint density at radius 2 is 1.71 bits per heavy atom. The Morgan fingerprint density at radius 3 is 2.46 bits per heavy atom. The first-order valence-electron chi connectivity index (χ1n) is 10.7. The standard InChI is InChI=1S/C22H30N2O4/c25-20(24-10-4-1-5-11-24)15-23-22(26)21(16-6-2-3-7-16)17-8-9-18-19(14-17)28-13-12-27-18/h8-9,14,16,21H,1-7,10-13,15H2,(H,23,26). The van der Waals surface area contributed by atoms with Crippen LogP contribution >= 0.6 is 0 Å². The molecule has 4 rings (SSSR count). The van der Waals surface area contributed by atoms with E-state index in [2.05, 4.69) is 5.32 Å². The molecule has 2 amide bonds. The van der Waals surface area contributed by atoms with Crippen LogP contribution in [0.2, 0.25) is 0 Å². The lowest BCUT2D eigenvalue weighted by Gasteiger charge is -2.28. The molecule has 2 aliphatic heterocycles. The fourth-order valence-electron chi connectivity index (χ4n) is 4.71. The summed E-state index contributed by atoms with van der Waals surface area (Å²) in [4.78, 5) is 27.5. The summed E-state index contributed by atoms with van der Waals surface area (Å²) in [6.45, 7) is 2.79. The number of amides is 2. The normalized spacial score (nSPS) is 20.6. The van der Waals surface area contributed by atoms with Gasteiger partial charge in [0.2, 0.25) is 11.8 Å². The van der Waals surface area contributed by atoms with Gasteiger partial charge in [0.1, 0.15) is 13.2 Å². The second kappa shape index (κ2) is 8.84. The minimum atomic E-state index is -0.243. The van der Waals surface area contributed by atoms with Crippen LogP contribution in [0, 0.1) is 5.92 Å². The van der Waals surface area contributed by atoms with E-state index in [9.17, 15) is 9.59 Å². The highest BCUT2D eigenvalue weighted by atomic mass is 16.6. The van der Waals surface area contributed by atoms with E-state index in [4.69, 9.17) is 9.47 Å². The first kappa shape index (κ1) is 19.1. The number of carbonyl (C=O) groups excluding carboxylic acids is 2. The zero-order valence-electron chi connectivity index (χ0n) is 16.5. The summed E-state index contributed by atoms with van der Waals surface area (Å²) in [6.07, 6.45) is 7.71. The number of piperidine rings is 1. The molecule has 1 aromatic carbocycles. The third kappa shape index (κ3) is 4.26. The number of nitrogens with zero attached hydrogens (tertiary/aromatic N) is 1. The van der Waals surface area contributed by atoms with Crippen LogP contribution in [-0.2, 0) is 9.59 Å². The van der Waals surface area contributed by atoms with Gasteiger partial charge in [0, 0.05) is 13.1 Å². The number of ether oxygens (including phenoxy) is 2. The summed E-state index contributed by atoms with van der Waals surface area (Å²) in [5.41, 5.74) is 0.957. The van der Waals surface area contributed by atoms with Gasteiger partial charge in [0.25, 0.3) is 0 Å². The zero-order valence-corrected chi connectivity index (χ0v) is 16.5. The quantitative estimate of drug-likeness (QED) is 0.845. The summed E-state index contributed by atoms with van der Waals surface area (Å²) in [5, 5.41) is 2.93. The lowest BCUT2D eigenvalue weighted by Crippen LogP contribution is -2.44. The van der Waals surface area contributed by atoms with E-state index in [1.54, 1.807) is 0 Å². The molecule has 28 heavy (non-hydrogen) atoms. The third-order valence-electron chi connectivity index (χ3n) is 6.20. The number of carbonyl (C=O) groups is 2. The smallest absolute Gasteiger partial charge is 0.241 e. The number of hydrogen-bond donors (Lipinski definition) is 1. The number of fused-ring (bicyclic) bond motifs is 1. The van der Waals surface area contributed by atoms with Gasteiger partial charge in [-0.1, -0.05) is 18.9 Å². The Kier molecular flexibility index (Phi) is 6.03. The van der Waals surface area contributed by atoms with Crippen molar-refractivity contribution >= 4 is 11.8 Å². The maximum Gasteiger partial charge on any atom is 0.241 e. The molecular formula is C22H30N2O4. The molecule has 2 fully saturated rings. The molecule has 1 saturated carbocycles. The summed E-state index contributed by atoms with van der Waals surface area (Å²) in [6, 6.07) is 5.82. The minimum absolute atomic E-state index is 0.0281. The maximum atomic E-state index is 13.1. The van der Waals surface area contributed by atoms with Crippen molar-refractivity contribution in [3.8, 4) is 11.5 Å². The average molecular weight is 386 g/mol. The molecule has 1 atom stereocenters. The molecule has 152 valence electrons. The Labute approximate surface area is 166 Å². The Balaban J connectivity index is 1.46. The highest BCUT2D eigenvalue weighted by Gasteiger charge is 2.33. The molecule has 1 aliphatic carbocycles. The van der Waals surface area contributed by atoms with Crippen molar-refractivity contribution in [1.82, 2.24) is 10.2 Å². The second-order valence-electron chi connectivity index (χ2n) is 8.08. The third-order valence-corrected chi connectivity index (χ3v) is 6.20. The van der Waals surface area contributed by atoms with Crippen LogP contribution in [0.5, 0.6) is 11.5 Å². The van der Waals surface area contributed by atoms with Gasteiger partial charge in [0.05, 0.1) is 12.5 Å². The number of benzene rings is 1. The number of likely N-dealkylation sites (tertiary alicyclic amines) is 1. The average Bonchev–Trinajstić information content (AvgIpc) is 3.27. The van der Waals surface area contributed by atoms with Crippen molar-refractivity contribution in [3.63, 3.8) is 0 Å². The van der Waals surface area contributed by atoms with E-state index in [-0.39, 0.29) is 24.3 Å². The zero-order chi connectivity index (χ0) is 19.3. The lowest BCUT2D eigenvalue weighted by atomic mass is 9.84. The SMILES string of the molecule is O=C(NCC(=O)N1CCCCC1)C(c1ccc2c(c1)OCCO2)C1CCCC1. The summed E-state index contributed by atoms with van der Waals surface area (Å²) in [5.74, 6) is 1.50. The molecule has 3 aliphatic rings. The van der Waals surface area contributed by atoms with Crippen molar-refractivity contribution in [1.29, 1.82) is 0 Å². The van der Waals surface area contributed by atoms with Gasteiger partial charge in [-0.15, -0.1) is 0 Å². The number of hydrogen-bond acceptors (Lipinski definition) is 4. The predicted octanol–water partition coefficient (Wildman–Crippen LogP) is 2.86. The van der Waals surface area contributed by atoms with Crippen LogP contribution in [0.25, 0.3) is 0 Å². The Hall–Kier alpha value is -2.24.